The lowest BCUT2D eigenvalue weighted by Crippen LogP contribution is -2.37. The van der Waals surface area contributed by atoms with Gasteiger partial charge in [0.2, 0.25) is 0 Å². The Morgan fingerprint density at radius 3 is 2.29 bits per heavy atom. The molecule has 0 aliphatic carbocycles. The molecular weight excluding hydrogens is 413 g/mol. The molecule has 0 unspecified atom stereocenters. The zero-order valence-electron chi connectivity index (χ0n) is 14.3. The molecule has 0 atom stereocenters. The Balaban J connectivity index is 0.00000288. The van der Waals surface area contributed by atoms with E-state index in [0.717, 1.165) is 31.2 Å². The Bertz CT molecular complexity index is 600. The molecule has 0 amide bonds. The Hall–Kier alpha value is -1.76. The molecule has 130 valence electrons. The molecule has 4 nitrogen and oxygen atoms in total. The third-order valence-corrected chi connectivity index (χ3v) is 3.40. The molecule has 0 aromatic heterocycles. The van der Waals surface area contributed by atoms with Crippen molar-refractivity contribution in [3.8, 4) is 5.75 Å². The third-order valence-electron chi connectivity index (χ3n) is 3.40. The van der Waals surface area contributed by atoms with E-state index in [2.05, 4.69) is 46.8 Å². The molecule has 2 aromatic carbocycles. The number of rotatable bonds is 7. The monoisotopic (exact) mass is 439 g/mol. The second-order valence-corrected chi connectivity index (χ2v) is 5.27. The quantitative estimate of drug-likeness (QED) is 0.390. The average Bonchev–Trinajstić information content (AvgIpc) is 2.62. The van der Waals surface area contributed by atoms with Crippen molar-refractivity contribution in [3.63, 3.8) is 0 Å². The fraction of sp³-hybridized carbons (Fsp3) is 0.316. The smallest absolute Gasteiger partial charge is 0.191 e. The van der Waals surface area contributed by atoms with Gasteiger partial charge in [0.25, 0.3) is 0 Å². The lowest BCUT2D eigenvalue weighted by atomic mass is 10.2. The summed E-state index contributed by atoms with van der Waals surface area (Å²) in [7, 11) is 1.78. The van der Waals surface area contributed by atoms with Gasteiger partial charge in [-0.1, -0.05) is 49.4 Å². The maximum Gasteiger partial charge on any atom is 0.191 e. The van der Waals surface area contributed by atoms with Gasteiger partial charge in [-0.3, -0.25) is 4.99 Å². The molecule has 0 heterocycles. The Morgan fingerprint density at radius 2 is 1.67 bits per heavy atom. The fourth-order valence-electron chi connectivity index (χ4n) is 2.09. The van der Waals surface area contributed by atoms with Gasteiger partial charge in [-0.05, 0) is 29.7 Å². The van der Waals surface area contributed by atoms with Gasteiger partial charge >= 0.3 is 0 Å². The van der Waals surface area contributed by atoms with Gasteiger partial charge in [0.1, 0.15) is 12.4 Å². The van der Waals surface area contributed by atoms with E-state index in [0.29, 0.717) is 6.61 Å². The molecule has 0 spiro atoms. The summed E-state index contributed by atoms with van der Waals surface area (Å²) < 4.78 is 5.79. The normalized spacial score (nSPS) is 10.7. The highest BCUT2D eigenvalue weighted by atomic mass is 127. The number of nitrogens with zero attached hydrogens (tertiary/aromatic N) is 1. The molecule has 0 saturated heterocycles. The van der Waals surface area contributed by atoms with Crippen LogP contribution in [0.25, 0.3) is 0 Å². The standard InChI is InChI=1S/C19H25N3O.HI/c1-3-13-21-19(20-2)22-14-16-9-11-18(12-10-16)23-15-17-7-5-4-6-8-17;/h4-12H,3,13-15H2,1-2H3,(H2,20,21,22);1H. The molecule has 2 rings (SSSR count). The first kappa shape index (κ1) is 20.3. The van der Waals surface area contributed by atoms with Crippen LogP contribution in [0.3, 0.4) is 0 Å². The average molecular weight is 439 g/mol. The van der Waals surface area contributed by atoms with E-state index in [1.54, 1.807) is 7.05 Å². The van der Waals surface area contributed by atoms with Crippen LogP contribution >= 0.6 is 24.0 Å². The van der Waals surface area contributed by atoms with Gasteiger partial charge in [-0.2, -0.15) is 0 Å². The van der Waals surface area contributed by atoms with Crippen LogP contribution in [0, 0.1) is 0 Å². The fourth-order valence-corrected chi connectivity index (χ4v) is 2.09. The van der Waals surface area contributed by atoms with E-state index in [1.165, 1.54) is 11.1 Å². The van der Waals surface area contributed by atoms with E-state index in [4.69, 9.17) is 4.74 Å². The van der Waals surface area contributed by atoms with E-state index in [9.17, 15) is 0 Å². The number of nitrogens with one attached hydrogen (secondary N) is 2. The maximum atomic E-state index is 5.79. The van der Waals surface area contributed by atoms with Gasteiger partial charge in [0.15, 0.2) is 5.96 Å². The first-order chi connectivity index (χ1) is 11.3. The van der Waals surface area contributed by atoms with Crippen LogP contribution in [0.15, 0.2) is 59.6 Å². The number of aliphatic imine (C=N–C) groups is 1. The zero-order chi connectivity index (χ0) is 16.3. The van der Waals surface area contributed by atoms with E-state index in [-0.39, 0.29) is 24.0 Å². The van der Waals surface area contributed by atoms with Crippen molar-refractivity contribution in [1.82, 2.24) is 10.6 Å². The molecule has 2 aromatic rings. The highest BCUT2D eigenvalue weighted by Gasteiger charge is 1.99. The van der Waals surface area contributed by atoms with Gasteiger partial charge in [0, 0.05) is 20.1 Å². The number of guanidine groups is 1. The van der Waals surface area contributed by atoms with E-state index in [1.807, 2.05) is 30.3 Å². The molecule has 24 heavy (non-hydrogen) atoms. The number of ether oxygens (including phenoxy) is 1. The summed E-state index contributed by atoms with van der Waals surface area (Å²) in [5.41, 5.74) is 2.36. The first-order valence-corrected chi connectivity index (χ1v) is 8.02. The molecule has 0 fully saturated rings. The number of halogens is 1. The van der Waals surface area contributed by atoms with Gasteiger partial charge < -0.3 is 15.4 Å². The van der Waals surface area contributed by atoms with Crippen LogP contribution in [-0.2, 0) is 13.2 Å². The lowest BCUT2D eigenvalue weighted by molar-refractivity contribution is 0.306. The number of hydrogen-bond donors (Lipinski definition) is 2. The summed E-state index contributed by atoms with van der Waals surface area (Å²) in [5.74, 6) is 1.71. The van der Waals surface area contributed by atoms with Crippen molar-refractivity contribution < 1.29 is 4.74 Å². The zero-order valence-corrected chi connectivity index (χ0v) is 16.6. The summed E-state index contributed by atoms with van der Waals surface area (Å²) in [5, 5.41) is 6.55. The summed E-state index contributed by atoms with van der Waals surface area (Å²) >= 11 is 0. The second-order valence-electron chi connectivity index (χ2n) is 5.27. The van der Waals surface area contributed by atoms with Crippen molar-refractivity contribution in [1.29, 1.82) is 0 Å². The minimum absolute atomic E-state index is 0. The van der Waals surface area contributed by atoms with E-state index < -0.39 is 0 Å². The highest BCUT2D eigenvalue weighted by molar-refractivity contribution is 14.0. The molecule has 0 aliphatic heterocycles. The second kappa shape index (κ2) is 11.7. The summed E-state index contributed by atoms with van der Waals surface area (Å²) in [4.78, 5) is 4.19. The largest absolute Gasteiger partial charge is 0.489 e. The van der Waals surface area contributed by atoms with Crippen LogP contribution in [-0.4, -0.2) is 19.6 Å². The number of hydrogen-bond acceptors (Lipinski definition) is 2. The van der Waals surface area contributed by atoms with Crippen LogP contribution in [0.2, 0.25) is 0 Å². The van der Waals surface area contributed by atoms with Crippen molar-refractivity contribution in [2.24, 2.45) is 4.99 Å². The molecule has 5 heteroatoms. The van der Waals surface area contributed by atoms with Gasteiger partial charge in [-0.15, -0.1) is 24.0 Å². The summed E-state index contributed by atoms with van der Waals surface area (Å²) in [6.45, 7) is 4.38. The van der Waals surface area contributed by atoms with Crippen molar-refractivity contribution in [2.45, 2.75) is 26.5 Å². The molecule has 0 radical (unpaired) electrons. The maximum absolute atomic E-state index is 5.79. The predicted octanol–water partition coefficient (Wildman–Crippen LogP) is 3.96. The van der Waals surface area contributed by atoms with Crippen molar-refractivity contribution >= 4 is 29.9 Å². The topological polar surface area (TPSA) is 45.7 Å². The van der Waals surface area contributed by atoms with Crippen molar-refractivity contribution in [3.05, 3.63) is 65.7 Å². The molecule has 0 aliphatic rings. The van der Waals surface area contributed by atoms with Crippen LogP contribution in [0.5, 0.6) is 5.75 Å². The summed E-state index contributed by atoms with van der Waals surface area (Å²) in [6.07, 6.45) is 1.08. The molecule has 2 N–H and O–H groups in total. The Labute approximate surface area is 161 Å². The molecule has 0 saturated carbocycles. The highest BCUT2D eigenvalue weighted by Crippen LogP contribution is 2.14. The minimum atomic E-state index is 0. The summed E-state index contributed by atoms with van der Waals surface area (Å²) in [6, 6.07) is 18.3. The number of benzene rings is 2. The van der Waals surface area contributed by atoms with Gasteiger partial charge in [0.05, 0.1) is 0 Å². The first-order valence-electron chi connectivity index (χ1n) is 8.02. The van der Waals surface area contributed by atoms with Crippen LogP contribution in [0.1, 0.15) is 24.5 Å². The molecular formula is C19H26IN3O. The Kier molecular flexibility index (Phi) is 9.91. The third kappa shape index (κ3) is 7.21. The van der Waals surface area contributed by atoms with Gasteiger partial charge in [-0.25, -0.2) is 0 Å². The minimum Gasteiger partial charge on any atom is -0.489 e. The van der Waals surface area contributed by atoms with Crippen LogP contribution < -0.4 is 15.4 Å². The molecule has 0 bridgehead atoms. The van der Waals surface area contributed by atoms with E-state index >= 15 is 0 Å². The predicted molar refractivity (Wildman–Crippen MR) is 111 cm³/mol. The van der Waals surface area contributed by atoms with Crippen LogP contribution in [0.4, 0.5) is 0 Å². The van der Waals surface area contributed by atoms with Crippen molar-refractivity contribution in [2.75, 3.05) is 13.6 Å². The lowest BCUT2D eigenvalue weighted by Gasteiger charge is -2.11. The Morgan fingerprint density at radius 1 is 0.958 bits per heavy atom. The SMILES string of the molecule is CCCNC(=NC)NCc1ccc(OCc2ccccc2)cc1.I.